The molecule has 0 radical (unpaired) electrons. The number of fused-ring (bicyclic) bond motifs is 1. The number of methoxy groups -OCH3 is 2. The summed E-state index contributed by atoms with van der Waals surface area (Å²) in [4.78, 5) is 2.49. The molecule has 134 valence electrons. The highest BCUT2D eigenvalue weighted by molar-refractivity contribution is 7.80. The molecule has 0 unspecified atom stereocenters. The summed E-state index contributed by atoms with van der Waals surface area (Å²) in [5.41, 5.74) is 2.62. The van der Waals surface area contributed by atoms with Crippen LogP contribution in [0.5, 0.6) is 11.5 Å². The van der Waals surface area contributed by atoms with Crippen LogP contribution in [0.25, 0.3) is 0 Å². The van der Waals surface area contributed by atoms with Crippen molar-refractivity contribution in [2.75, 3.05) is 33.9 Å². The van der Waals surface area contributed by atoms with E-state index in [0.717, 1.165) is 37.6 Å². The molecule has 2 atom stereocenters. The number of likely N-dealkylation sites (N-methyl/N-ethyl adjacent to an activating group) is 1. The van der Waals surface area contributed by atoms with Crippen molar-refractivity contribution in [2.24, 2.45) is 0 Å². The number of hydrogen-bond acceptors (Lipinski definition) is 4. The van der Waals surface area contributed by atoms with Gasteiger partial charge < -0.3 is 20.1 Å². The third-order valence-electron chi connectivity index (χ3n) is 4.60. The first kappa shape index (κ1) is 18.8. The van der Waals surface area contributed by atoms with Crippen molar-refractivity contribution < 1.29 is 9.47 Å². The topological polar surface area (TPSA) is 45.8 Å². The zero-order chi connectivity index (χ0) is 17.7. The highest BCUT2D eigenvalue weighted by Crippen LogP contribution is 2.39. The first-order valence-corrected chi connectivity index (χ1v) is 8.99. The van der Waals surface area contributed by atoms with Crippen molar-refractivity contribution in [2.45, 2.75) is 39.3 Å². The van der Waals surface area contributed by atoms with E-state index in [9.17, 15) is 0 Å². The van der Waals surface area contributed by atoms with Gasteiger partial charge in [-0.15, -0.1) is 0 Å². The van der Waals surface area contributed by atoms with Gasteiger partial charge in [0.25, 0.3) is 0 Å². The van der Waals surface area contributed by atoms with Gasteiger partial charge in [-0.25, -0.2) is 0 Å². The Morgan fingerprint density at radius 2 is 1.96 bits per heavy atom. The van der Waals surface area contributed by atoms with E-state index in [1.807, 2.05) is 6.92 Å². The molecule has 1 aliphatic heterocycles. The third kappa shape index (κ3) is 3.92. The van der Waals surface area contributed by atoms with E-state index in [1.165, 1.54) is 11.1 Å². The minimum absolute atomic E-state index is 0.189. The first-order chi connectivity index (χ1) is 11.5. The maximum absolute atomic E-state index is 5.52. The van der Waals surface area contributed by atoms with E-state index in [4.69, 9.17) is 21.7 Å². The second-order valence-electron chi connectivity index (χ2n) is 6.02. The predicted molar refractivity (Wildman–Crippen MR) is 102 cm³/mol. The number of hydrogen-bond donors (Lipinski definition) is 2. The monoisotopic (exact) mass is 351 g/mol. The smallest absolute Gasteiger partial charge is 0.166 e. The average Bonchev–Trinajstić information content (AvgIpc) is 2.59. The molecule has 1 aromatic carbocycles. The highest BCUT2D eigenvalue weighted by atomic mass is 32.1. The van der Waals surface area contributed by atoms with Crippen molar-refractivity contribution in [1.29, 1.82) is 0 Å². The van der Waals surface area contributed by atoms with Gasteiger partial charge in [-0.2, -0.15) is 0 Å². The second kappa shape index (κ2) is 8.53. The lowest BCUT2D eigenvalue weighted by molar-refractivity contribution is 0.166. The van der Waals surface area contributed by atoms with Crippen molar-refractivity contribution in [1.82, 2.24) is 15.5 Å². The molecular weight excluding hydrogens is 322 g/mol. The highest BCUT2D eigenvalue weighted by Gasteiger charge is 2.32. The van der Waals surface area contributed by atoms with Crippen LogP contribution in [-0.2, 0) is 6.42 Å². The van der Waals surface area contributed by atoms with E-state index < -0.39 is 0 Å². The van der Waals surface area contributed by atoms with Crippen LogP contribution in [0.1, 0.15) is 37.9 Å². The summed E-state index contributed by atoms with van der Waals surface area (Å²) in [5, 5.41) is 7.30. The molecule has 0 saturated carbocycles. The molecule has 0 spiro atoms. The Kier molecular flexibility index (Phi) is 6.69. The number of nitrogens with one attached hydrogen (secondary N) is 2. The van der Waals surface area contributed by atoms with Gasteiger partial charge in [0.15, 0.2) is 16.6 Å². The molecule has 0 fully saturated rings. The number of nitrogens with zero attached hydrogens (tertiary/aromatic N) is 1. The van der Waals surface area contributed by atoms with Crippen LogP contribution < -0.4 is 20.1 Å². The fourth-order valence-corrected chi connectivity index (χ4v) is 3.80. The van der Waals surface area contributed by atoms with Crippen molar-refractivity contribution >= 4 is 17.3 Å². The quantitative estimate of drug-likeness (QED) is 0.768. The van der Waals surface area contributed by atoms with Gasteiger partial charge in [-0.05, 0) is 62.3 Å². The van der Waals surface area contributed by atoms with E-state index in [-0.39, 0.29) is 12.1 Å². The van der Waals surface area contributed by atoms with Gasteiger partial charge >= 0.3 is 0 Å². The van der Waals surface area contributed by atoms with Gasteiger partial charge in [0.2, 0.25) is 0 Å². The Labute approximate surface area is 150 Å². The molecular formula is C18H29N3O2S. The van der Waals surface area contributed by atoms with Crippen LogP contribution in [-0.4, -0.2) is 49.9 Å². The minimum Gasteiger partial charge on any atom is -0.493 e. The maximum Gasteiger partial charge on any atom is 0.166 e. The minimum atomic E-state index is 0.189. The van der Waals surface area contributed by atoms with E-state index in [0.29, 0.717) is 5.11 Å². The first-order valence-electron chi connectivity index (χ1n) is 8.58. The van der Waals surface area contributed by atoms with Crippen molar-refractivity contribution in [3.05, 3.63) is 23.3 Å². The standard InChI is InChI=1S/C18H29N3O2S/c1-6-19-18(24)20-12(3)17-14-11-16(23-5)15(22-4)10-13(14)8-9-21(17)7-2/h10-12,17H,6-9H2,1-5H3,(H2,19,20,24)/t12-,17-/m1/s1. The summed E-state index contributed by atoms with van der Waals surface area (Å²) >= 11 is 5.38. The molecule has 1 aromatic rings. The molecule has 2 N–H and O–H groups in total. The van der Waals surface area contributed by atoms with Crippen LogP contribution in [0.4, 0.5) is 0 Å². The van der Waals surface area contributed by atoms with Gasteiger partial charge in [0.1, 0.15) is 0 Å². The molecule has 1 aliphatic rings. The van der Waals surface area contributed by atoms with Crippen molar-refractivity contribution in [3.8, 4) is 11.5 Å². The largest absolute Gasteiger partial charge is 0.493 e. The summed E-state index contributed by atoms with van der Waals surface area (Å²) in [6, 6.07) is 4.67. The van der Waals surface area contributed by atoms with E-state index in [1.54, 1.807) is 14.2 Å². The summed E-state index contributed by atoms with van der Waals surface area (Å²) in [6.07, 6.45) is 1.02. The predicted octanol–water partition coefficient (Wildman–Crippen LogP) is 2.50. The lowest BCUT2D eigenvalue weighted by atomic mass is 9.88. The Balaban J connectivity index is 2.37. The van der Waals surface area contributed by atoms with Gasteiger partial charge in [0.05, 0.1) is 20.3 Å². The second-order valence-corrected chi connectivity index (χ2v) is 6.43. The average molecular weight is 352 g/mol. The molecule has 0 bridgehead atoms. The van der Waals surface area contributed by atoms with E-state index >= 15 is 0 Å². The van der Waals surface area contributed by atoms with E-state index in [2.05, 4.69) is 41.5 Å². The Hall–Kier alpha value is -1.53. The fourth-order valence-electron chi connectivity index (χ4n) is 3.47. The fraction of sp³-hybridized carbons (Fsp3) is 0.611. The van der Waals surface area contributed by atoms with Gasteiger partial charge in [-0.3, -0.25) is 4.90 Å². The van der Waals surface area contributed by atoms with Crippen LogP contribution >= 0.6 is 12.2 Å². The van der Waals surface area contributed by atoms with Gasteiger partial charge in [-0.1, -0.05) is 6.92 Å². The van der Waals surface area contributed by atoms with Crippen LogP contribution in [0.3, 0.4) is 0 Å². The molecule has 5 nitrogen and oxygen atoms in total. The molecule has 1 heterocycles. The SMILES string of the molecule is CCNC(=S)N[C@H](C)[C@@H]1c2cc(OC)c(OC)cc2CCN1CC. The Morgan fingerprint density at radius 1 is 1.29 bits per heavy atom. The lowest BCUT2D eigenvalue weighted by Crippen LogP contribution is -2.49. The van der Waals surface area contributed by atoms with Crippen LogP contribution in [0, 0.1) is 0 Å². The Morgan fingerprint density at radius 3 is 2.54 bits per heavy atom. The lowest BCUT2D eigenvalue weighted by Gasteiger charge is -2.41. The number of rotatable bonds is 6. The number of thiocarbonyl (C=S) groups is 1. The molecule has 24 heavy (non-hydrogen) atoms. The van der Waals surface area contributed by atoms with Crippen LogP contribution in [0.15, 0.2) is 12.1 Å². The van der Waals surface area contributed by atoms with Gasteiger partial charge in [0, 0.05) is 19.1 Å². The molecule has 0 aromatic heterocycles. The van der Waals surface area contributed by atoms with Crippen molar-refractivity contribution in [3.63, 3.8) is 0 Å². The molecule has 0 amide bonds. The third-order valence-corrected chi connectivity index (χ3v) is 4.86. The summed E-state index contributed by atoms with van der Waals surface area (Å²) < 4.78 is 11.0. The normalized spacial score (nSPS) is 18.5. The van der Waals surface area contributed by atoms with Crippen LogP contribution in [0.2, 0.25) is 0 Å². The zero-order valence-corrected chi connectivity index (χ0v) is 16.1. The summed E-state index contributed by atoms with van der Waals surface area (Å²) in [7, 11) is 3.36. The maximum atomic E-state index is 5.52. The molecule has 6 heteroatoms. The summed E-state index contributed by atoms with van der Waals surface area (Å²) in [6.45, 7) is 9.28. The number of ether oxygens (including phenoxy) is 2. The Bertz CT molecular complexity index is 580. The summed E-state index contributed by atoms with van der Waals surface area (Å²) in [5.74, 6) is 1.57. The molecule has 0 saturated heterocycles. The zero-order valence-electron chi connectivity index (χ0n) is 15.3. The molecule has 0 aliphatic carbocycles. The molecule has 2 rings (SSSR count). The number of benzene rings is 1.